The number of hydrogen-bond donors (Lipinski definition) is 2. The van der Waals surface area contributed by atoms with Gasteiger partial charge in [-0.3, -0.25) is 0 Å². The van der Waals surface area contributed by atoms with Crippen LogP contribution in [0, 0.1) is 0 Å². The molecule has 0 spiro atoms. The van der Waals surface area contributed by atoms with Crippen molar-refractivity contribution in [2.24, 2.45) is 0 Å². The summed E-state index contributed by atoms with van der Waals surface area (Å²) in [5.41, 5.74) is 2.80. The van der Waals surface area contributed by atoms with Gasteiger partial charge in [-0.25, -0.2) is 9.42 Å². The molecule has 0 aliphatic carbocycles. The molecule has 22 heavy (non-hydrogen) atoms. The minimum atomic E-state index is -0.307. The summed E-state index contributed by atoms with van der Waals surface area (Å²) in [6.45, 7) is 0.400. The predicted octanol–water partition coefficient (Wildman–Crippen LogP) is 2.55. The molecular formula is C15H14N4O3. The largest absolute Gasteiger partial charge is 0.497 e. The number of ether oxygens (including phenoxy) is 1. The lowest BCUT2D eigenvalue weighted by molar-refractivity contribution is 0.251. The van der Waals surface area contributed by atoms with E-state index in [1.54, 1.807) is 25.3 Å². The summed E-state index contributed by atoms with van der Waals surface area (Å²) in [6, 6.07) is 12.4. The van der Waals surface area contributed by atoms with E-state index in [0.717, 1.165) is 11.3 Å². The number of urea groups is 1. The number of methoxy groups -OCH3 is 1. The van der Waals surface area contributed by atoms with Gasteiger partial charge in [-0.1, -0.05) is 12.1 Å². The molecule has 0 saturated carbocycles. The number of rotatable bonds is 4. The molecule has 3 aromatic rings. The first-order chi connectivity index (χ1) is 10.7. The van der Waals surface area contributed by atoms with Crippen molar-refractivity contribution in [1.82, 2.24) is 15.6 Å². The highest BCUT2D eigenvalue weighted by atomic mass is 16.6. The zero-order valence-corrected chi connectivity index (χ0v) is 11.9. The number of carbonyl (C=O) groups excluding carboxylic acids is 1. The van der Waals surface area contributed by atoms with E-state index >= 15 is 0 Å². The van der Waals surface area contributed by atoms with Crippen molar-refractivity contribution in [3.05, 3.63) is 48.0 Å². The van der Waals surface area contributed by atoms with E-state index in [9.17, 15) is 4.79 Å². The third kappa shape index (κ3) is 3.14. The van der Waals surface area contributed by atoms with Gasteiger partial charge in [0.25, 0.3) is 0 Å². The van der Waals surface area contributed by atoms with Crippen molar-refractivity contribution < 1.29 is 14.2 Å². The van der Waals surface area contributed by atoms with Crippen molar-refractivity contribution in [1.29, 1.82) is 0 Å². The van der Waals surface area contributed by atoms with Crippen LogP contribution in [0.15, 0.2) is 47.1 Å². The fourth-order valence-electron chi connectivity index (χ4n) is 2.00. The molecule has 0 fully saturated rings. The molecule has 7 nitrogen and oxygen atoms in total. The van der Waals surface area contributed by atoms with Crippen LogP contribution < -0.4 is 15.4 Å². The number of nitrogens with zero attached hydrogens (tertiary/aromatic N) is 2. The first-order valence-corrected chi connectivity index (χ1v) is 6.65. The van der Waals surface area contributed by atoms with Gasteiger partial charge in [-0.05, 0) is 46.2 Å². The number of amides is 2. The maximum atomic E-state index is 11.9. The monoisotopic (exact) mass is 298 g/mol. The van der Waals surface area contributed by atoms with Crippen LogP contribution in [-0.4, -0.2) is 23.5 Å². The second-order valence-corrected chi connectivity index (χ2v) is 4.63. The summed E-state index contributed by atoms with van der Waals surface area (Å²) in [6.07, 6.45) is 0. The first-order valence-electron chi connectivity index (χ1n) is 6.65. The molecule has 0 aliphatic rings. The Kier molecular flexibility index (Phi) is 3.86. The van der Waals surface area contributed by atoms with Crippen LogP contribution in [0.1, 0.15) is 5.56 Å². The smallest absolute Gasteiger partial charge is 0.319 e. The fourth-order valence-corrected chi connectivity index (χ4v) is 2.00. The van der Waals surface area contributed by atoms with E-state index in [4.69, 9.17) is 4.74 Å². The topological polar surface area (TPSA) is 89.3 Å². The van der Waals surface area contributed by atoms with Crippen molar-refractivity contribution in [3.63, 3.8) is 0 Å². The van der Waals surface area contributed by atoms with Crippen molar-refractivity contribution in [2.45, 2.75) is 6.54 Å². The van der Waals surface area contributed by atoms with E-state index in [1.165, 1.54) is 0 Å². The van der Waals surface area contributed by atoms with E-state index in [0.29, 0.717) is 23.3 Å². The second-order valence-electron chi connectivity index (χ2n) is 4.63. The number of benzene rings is 2. The van der Waals surface area contributed by atoms with E-state index < -0.39 is 0 Å². The Bertz CT molecular complexity index is 800. The predicted molar refractivity (Wildman–Crippen MR) is 80.7 cm³/mol. The maximum absolute atomic E-state index is 11.9. The number of anilines is 1. The third-order valence-corrected chi connectivity index (χ3v) is 3.10. The number of aromatic nitrogens is 2. The Morgan fingerprint density at radius 1 is 1.18 bits per heavy atom. The summed E-state index contributed by atoms with van der Waals surface area (Å²) >= 11 is 0. The van der Waals surface area contributed by atoms with Gasteiger partial charge in [0.15, 0.2) is 0 Å². The van der Waals surface area contributed by atoms with Crippen LogP contribution in [0.4, 0.5) is 10.5 Å². The van der Waals surface area contributed by atoms with Crippen molar-refractivity contribution in [2.75, 3.05) is 12.4 Å². The zero-order chi connectivity index (χ0) is 15.4. The van der Waals surface area contributed by atoms with Gasteiger partial charge in [0.1, 0.15) is 16.8 Å². The average Bonchev–Trinajstić information content (AvgIpc) is 3.01. The summed E-state index contributed by atoms with van der Waals surface area (Å²) in [4.78, 5) is 11.9. The fraction of sp³-hybridized carbons (Fsp3) is 0.133. The highest BCUT2D eigenvalue weighted by Gasteiger charge is 2.05. The highest BCUT2D eigenvalue weighted by molar-refractivity contribution is 5.91. The normalized spacial score (nSPS) is 10.4. The number of fused-ring (bicyclic) bond motifs is 1. The minimum Gasteiger partial charge on any atom is -0.497 e. The SMILES string of the molecule is COc1cccc(CNC(=O)Nc2ccc3nonc3c2)c1. The lowest BCUT2D eigenvalue weighted by atomic mass is 10.2. The van der Waals surface area contributed by atoms with Crippen LogP contribution in [0.2, 0.25) is 0 Å². The maximum Gasteiger partial charge on any atom is 0.319 e. The second kappa shape index (κ2) is 6.13. The van der Waals surface area contributed by atoms with E-state index in [-0.39, 0.29) is 6.03 Å². The van der Waals surface area contributed by atoms with Crippen molar-refractivity contribution >= 4 is 22.8 Å². The van der Waals surface area contributed by atoms with E-state index in [1.807, 2.05) is 24.3 Å². The van der Waals surface area contributed by atoms with Crippen LogP contribution in [0.25, 0.3) is 11.0 Å². The lowest BCUT2D eigenvalue weighted by Crippen LogP contribution is -2.28. The molecule has 2 amide bonds. The van der Waals surface area contributed by atoms with Crippen LogP contribution in [0.3, 0.4) is 0 Å². The molecule has 0 atom stereocenters. The molecule has 112 valence electrons. The number of nitrogens with one attached hydrogen (secondary N) is 2. The summed E-state index contributed by atoms with van der Waals surface area (Å²) in [5.74, 6) is 0.753. The Labute approximate surface area is 126 Å². The first kappa shape index (κ1) is 13.9. The molecule has 2 aromatic carbocycles. The van der Waals surface area contributed by atoms with Crippen LogP contribution in [-0.2, 0) is 6.54 Å². The Balaban J connectivity index is 1.59. The quantitative estimate of drug-likeness (QED) is 0.772. The molecule has 7 heteroatoms. The molecule has 0 saturated heterocycles. The molecule has 0 unspecified atom stereocenters. The van der Waals surface area contributed by atoms with Gasteiger partial charge in [0.05, 0.1) is 7.11 Å². The van der Waals surface area contributed by atoms with Gasteiger partial charge >= 0.3 is 6.03 Å². The number of hydrogen-bond acceptors (Lipinski definition) is 5. The number of carbonyl (C=O) groups is 1. The molecule has 0 aliphatic heterocycles. The molecule has 0 bridgehead atoms. The molecule has 2 N–H and O–H groups in total. The molecule has 3 rings (SSSR count). The van der Waals surface area contributed by atoms with Crippen LogP contribution >= 0.6 is 0 Å². The van der Waals surface area contributed by atoms with Crippen LogP contribution in [0.5, 0.6) is 5.75 Å². The van der Waals surface area contributed by atoms with E-state index in [2.05, 4.69) is 25.6 Å². The molecule has 1 heterocycles. The summed E-state index contributed by atoms with van der Waals surface area (Å²) < 4.78 is 9.75. The van der Waals surface area contributed by atoms with Gasteiger partial charge in [0.2, 0.25) is 0 Å². The lowest BCUT2D eigenvalue weighted by Gasteiger charge is -2.08. The van der Waals surface area contributed by atoms with Gasteiger partial charge < -0.3 is 15.4 Å². The Morgan fingerprint density at radius 2 is 2.05 bits per heavy atom. The van der Waals surface area contributed by atoms with Gasteiger partial charge in [-0.15, -0.1) is 0 Å². The summed E-state index contributed by atoms with van der Waals surface area (Å²) in [7, 11) is 1.61. The van der Waals surface area contributed by atoms with Gasteiger partial charge in [-0.2, -0.15) is 0 Å². The molecular weight excluding hydrogens is 284 g/mol. The van der Waals surface area contributed by atoms with Crippen molar-refractivity contribution in [3.8, 4) is 5.75 Å². The Morgan fingerprint density at radius 3 is 2.91 bits per heavy atom. The third-order valence-electron chi connectivity index (χ3n) is 3.10. The average molecular weight is 298 g/mol. The summed E-state index contributed by atoms with van der Waals surface area (Å²) in [5, 5.41) is 12.9. The van der Waals surface area contributed by atoms with Gasteiger partial charge in [0, 0.05) is 12.2 Å². The Hall–Kier alpha value is -3.09. The minimum absolute atomic E-state index is 0.307. The molecule has 1 aromatic heterocycles. The zero-order valence-electron chi connectivity index (χ0n) is 11.9. The molecule has 0 radical (unpaired) electrons. The highest BCUT2D eigenvalue weighted by Crippen LogP contribution is 2.15. The standard InChI is InChI=1S/C15H14N4O3/c1-21-12-4-2-3-10(7-12)9-16-15(20)17-11-5-6-13-14(8-11)19-22-18-13/h2-8H,9H2,1H3,(H2,16,17,20).